The lowest BCUT2D eigenvalue weighted by molar-refractivity contribution is -0.139. The molecule has 45 heavy (non-hydrogen) atoms. The summed E-state index contributed by atoms with van der Waals surface area (Å²) in [6, 6.07) is 17.8. The van der Waals surface area contributed by atoms with Gasteiger partial charge in [0.25, 0.3) is 5.56 Å². The number of rotatable bonds is 10. The molecule has 0 fully saturated rings. The largest absolute Gasteiger partial charge is 0.493 e. The summed E-state index contributed by atoms with van der Waals surface area (Å²) in [5, 5.41) is 0.653. The number of allylic oxidation sites excluding steroid dienone is 1. The van der Waals surface area contributed by atoms with E-state index in [-0.39, 0.29) is 18.3 Å². The van der Waals surface area contributed by atoms with Gasteiger partial charge in [0.2, 0.25) is 0 Å². The van der Waals surface area contributed by atoms with Crippen LogP contribution in [0, 0.1) is 0 Å². The molecule has 1 aromatic heterocycles. The number of carbonyl (C=O) groups is 1. The SMILES string of the molecule is CCOC(=O)C1=C(C)N=c2s/c(=C\c3cc(Br)c(OCc4ccc(Cl)cc4)c(OC)c3)c(=O)n2[C@@H]1c1ccc(OC(C)C)cc1. The lowest BCUT2D eigenvalue weighted by atomic mass is 9.96. The number of esters is 1. The fraction of sp³-hybridized carbons (Fsp3) is 0.265. The predicted octanol–water partition coefficient (Wildman–Crippen LogP) is 6.59. The van der Waals surface area contributed by atoms with Crippen LogP contribution in [-0.4, -0.2) is 30.4 Å². The molecular weight excluding hydrogens is 680 g/mol. The lowest BCUT2D eigenvalue weighted by Crippen LogP contribution is -2.39. The maximum absolute atomic E-state index is 14.0. The van der Waals surface area contributed by atoms with Crippen LogP contribution in [0.4, 0.5) is 0 Å². The van der Waals surface area contributed by atoms with E-state index in [1.807, 2.05) is 68.4 Å². The first-order valence-corrected chi connectivity index (χ1v) is 16.3. The van der Waals surface area contributed by atoms with Crippen molar-refractivity contribution in [3.63, 3.8) is 0 Å². The maximum atomic E-state index is 14.0. The first-order chi connectivity index (χ1) is 21.6. The van der Waals surface area contributed by atoms with Gasteiger partial charge in [0.15, 0.2) is 16.3 Å². The highest BCUT2D eigenvalue weighted by Gasteiger charge is 2.33. The fourth-order valence-electron chi connectivity index (χ4n) is 4.96. The summed E-state index contributed by atoms with van der Waals surface area (Å²) in [5.74, 6) is 1.22. The summed E-state index contributed by atoms with van der Waals surface area (Å²) >= 11 is 10.9. The number of halogens is 2. The molecule has 0 aliphatic carbocycles. The minimum atomic E-state index is -0.722. The molecule has 0 amide bonds. The van der Waals surface area contributed by atoms with Crippen LogP contribution in [0.2, 0.25) is 5.02 Å². The monoisotopic (exact) mass is 710 g/mol. The van der Waals surface area contributed by atoms with Crippen molar-refractivity contribution in [1.29, 1.82) is 0 Å². The van der Waals surface area contributed by atoms with Crippen LogP contribution in [0.25, 0.3) is 6.08 Å². The number of hydrogen-bond donors (Lipinski definition) is 0. The topological polar surface area (TPSA) is 88.4 Å². The lowest BCUT2D eigenvalue weighted by Gasteiger charge is -2.25. The van der Waals surface area contributed by atoms with E-state index in [1.54, 1.807) is 37.7 Å². The van der Waals surface area contributed by atoms with Crippen LogP contribution < -0.4 is 29.1 Å². The van der Waals surface area contributed by atoms with Gasteiger partial charge in [0.05, 0.1) is 46.1 Å². The van der Waals surface area contributed by atoms with Gasteiger partial charge in [-0.05, 0) is 103 Å². The number of carbonyl (C=O) groups excluding carboxylic acids is 1. The van der Waals surface area contributed by atoms with Crippen molar-refractivity contribution in [1.82, 2.24) is 4.57 Å². The Bertz CT molecular complexity index is 1930. The number of fused-ring (bicyclic) bond motifs is 1. The van der Waals surface area contributed by atoms with E-state index in [2.05, 4.69) is 20.9 Å². The smallest absolute Gasteiger partial charge is 0.338 e. The molecule has 0 spiro atoms. The average molecular weight is 712 g/mol. The Hall–Kier alpha value is -3.86. The van der Waals surface area contributed by atoms with Gasteiger partial charge >= 0.3 is 5.97 Å². The summed E-state index contributed by atoms with van der Waals surface area (Å²) in [5.41, 5.74) is 2.95. The van der Waals surface area contributed by atoms with Gasteiger partial charge in [-0.3, -0.25) is 9.36 Å². The molecule has 5 rings (SSSR count). The number of aromatic nitrogens is 1. The van der Waals surface area contributed by atoms with Gasteiger partial charge in [-0.25, -0.2) is 9.79 Å². The van der Waals surface area contributed by atoms with Crippen LogP contribution in [-0.2, 0) is 16.1 Å². The van der Waals surface area contributed by atoms with Gasteiger partial charge in [-0.1, -0.05) is 47.2 Å². The number of methoxy groups -OCH3 is 1. The molecule has 234 valence electrons. The Balaban J connectivity index is 1.56. The quantitative estimate of drug-likeness (QED) is 0.173. The number of benzene rings is 3. The molecular formula is C34H32BrClN2O6S. The summed E-state index contributed by atoms with van der Waals surface area (Å²) in [6.07, 6.45) is 1.79. The molecule has 0 radical (unpaired) electrons. The Morgan fingerprint density at radius 3 is 2.49 bits per heavy atom. The van der Waals surface area contributed by atoms with Crippen LogP contribution in [0.5, 0.6) is 17.2 Å². The number of ether oxygens (including phenoxy) is 4. The van der Waals surface area contributed by atoms with Crippen molar-refractivity contribution in [3.05, 3.63) is 118 Å². The van der Waals surface area contributed by atoms with Crippen LogP contribution in [0.1, 0.15) is 50.4 Å². The van der Waals surface area contributed by atoms with E-state index >= 15 is 0 Å². The molecule has 0 N–H and O–H groups in total. The van der Waals surface area contributed by atoms with Gasteiger partial charge in [-0.2, -0.15) is 0 Å². The van der Waals surface area contributed by atoms with Gasteiger partial charge in [0.1, 0.15) is 12.4 Å². The number of thiazole rings is 1. The summed E-state index contributed by atoms with van der Waals surface area (Å²) in [6.45, 7) is 7.92. The summed E-state index contributed by atoms with van der Waals surface area (Å²) < 4.78 is 25.6. The van der Waals surface area contributed by atoms with Crippen molar-refractivity contribution in [2.45, 2.75) is 46.4 Å². The van der Waals surface area contributed by atoms with Crippen LogP contribution in [0.15, 0.2) is 86.2 Å². The Morgan fingerprint density at radius 2 is 1.84 bits per heavy atom. The second-order valence-electron chi connectivity index (χ2n) is 10.5. The Kier molecular flexibility index (Phi) is 10.2. The van der Waals surface area contributed by atoms with Crippen molar-refractivity contribution in [2.75, 3.05) is 13.7 Å². The van der Waals surface area contributed by atoms with E-state index in [9.17, 15) is 9.59 Å². The third-order valence-electron chi connectivity index (χ3n) is 6.93. The van der Waals surface area contributed by atoms with Gasteiger partial charge < -0.3 is 18.9 Å². The number of nitrogens with zero attached hydrogens (tertiary/aromatic N) is 2. The second kappa shape index (κ2) is 14.1. The van der Waals surface area contributed by atoms with E-state index < -0.39 is 12.0 Å². The molecule has 8 nitrogen and oxygen atoms in total. The van der Waals surface area contributed by atoms with Crippen LogP contribution >= 0.6 is 38.9 Å². The molecule has 0 saturated heterocycles. The van der Waals surface area contributed by atoms with Gasteiger partial charge in [0, 0.05) is 5.02 Å². The Morgan fingerprint density at radius 1 is 1.13 bits per heavy atom. The molecule has 0 unspecified atom stereocenters. The third-order valence-corrected chi connectivity index (χ3v) is 8.75. The normalized spacial score (nSPS) is 14.7. The van der Waals surface area contributed by atoms with E-state index in [0.717, 1.165) is 16.7 Å². The second-order valence-corrected chi connectivity index (χ2v) is 12.8. The molecule has 0 saturated carbocycles. The van der Waals surface area contributed by atoms with E-state index in [0.29, 0.717) is 54.0 Å². The average Bonchev–Trinajstić information content (AvgIpc) is 3.30. The van der Waals surface area contributed by atoms with Crippen molar-refractivity contribution < 1.29 is 23.7 Å². The first kappa shape index (κ1) is 32.5. The molecule has 4 aromatic rings. The molecule has 1 aliphatic heterocycles. The molecule has 1 atom stereocenters. The zero-order valence-corrected chi connectivity index (χ0v) is 28.6. The highest BCUT2D eigenvalue weighted by Crippen LogP contribution is 2.38. The van der Waals surface area contributed by atoms with Crippen molar-refractivity contribution in [3.8, 4) is 17.2 Å². The van der Waals surface area contributed by atoms with E-state index in [4.69, 9.17) is 30.5 Å². The summed E-state index contributed by atoms with van der Waals surface area (Å²) in [7, 11) is 1.56. The predicted molar refractivity (Wildman–Crippen MR) is 179 cm³/mol. The zero-order chi connectivity index (χ0) is 32.2. The Labute approximate surface area is 278 Å². The number of hydrogen-bond acceptors (Lipinski definition) is 8. The molecule has 2 heterocycles. The third kappa shape index (κ3) is 7.19. The molecule has 3 aromatic carbocycles. The van der Waals surface area contributed by atoms with Crippen LogP contribution in [0.3, 0.4) is 0 Å². The first-order valence-electron chi connectivity index (χ1n) is 14.3. The summed E-state index contributed by atoms with van der Waals surface area (Å²) in [4.78, 5) is 32.4. The maximum Gasteiger partial charge on any atom is 0.338 e. The van der Waals surface area contributed by atoms with E-state index in [1.165, 1.54) is 11.3 Å². The molecule has 11 heteroatoms. The molecule has 0 bridgehead atoms. The highest BCUT2D eigenvalue weighted by molar-refractivity contribution is 9.10. The highest BCUT2D eigenvalue weighted by atomic mass is 79.9. The van der Waals surface area contributed by atoms with Gasteiger partial charge in [-0.15, -0.1) is 0 Å². The minimum Gasteiger partial charge on any atom is -0.493 e. The standard InChI is InChI=1S/C34H32BrClN2O6S/c1-6-42-33(40)29-20(4)37-34-38(30(29)23-9-13-25(14-10-23)44-19(2)3)32(39)28(45-34)17-22-15-26(35)31(27(16-22)41-5)43-18-21-7-11-24(36)12-8-21/h7-17,19,30H,6,18H2,1-5H3/b28-17-/t30-/m1/s1. The minimum absolute atomic E-state index is 0.00789. The molecule has 1 aliphatic rings. The zero-order valence-electron chi connectivity index (χ0n) is 25.4. The van der Waals surface area contributed by atoms with Crippen molar-refractivity contribution in [2.24, 2.45) is 4.99 Å². The van der Waals surface area contributed by atoms with Crippen molar-refractivity contribution >= 4 is 50.9 Å². The fourth-order valence-corrected chi connectivity index (χ4v) is 6.71.